The van der Waals surface area contributed by atoms with Gasteiger partial charge in [0.25, 0.3) is 0 Å². The van der Waals surface area contributed by atoms with Crippen LogP contribution >= 0.6 is 0 Å². The molecule has 0 heterocycles. The van der Waals surface area contributed by atoms with E-state index in [1.165, 1.54) is 5.56 Å². The molecule has 20 heavy (non-hydrogen) atoms. The van der Waals surface area contributed by atoms with E-state index in [1.54, 1.807) is 0 Å². The SMILES string of the molecule is CCC(C)(C)Nc1ccc(Oc2ccc(C)cc2)cc1. The number of aryl methyl sites for hydroxylation is 1. The molecule has 2 nitrogen and oxygen atoms in total. The highest BCUT2D eigenvalue weighted by Crippen LogP contribution is 2.25. The van der Waals surface area contributed by atoms with Gasteiger partial charge in [0.15, 0.2) is 0 Å². The average Bonchev–Trinajstić information content (AvgIpc) is 2.43. The zero-order chi connectivity index (χ0) is 14.6. The summed E-state index contributed by atoms with van der Waals surface area (Å²) in [6.07, 6.45) is 1.08. The van der Waals surface area contributed by atoms with Crippen molar-refractivity contribution in [2.24, 2.45) is 0 Å². The molecule has 0 saturated heterocycles. The monoisotopic (exact) mass is 269 g/mol. The van der Waals surface area contributed by atoms with Crippen LogP contribution in [0.2, 0.25) is 0 Å². The first-order chi connectivity index (χ1) is 9.48. The van der Waals surface area contributed by atoms with Crippen molar-refractivity contribution in [3.63, 3.8) is 0 Å². The lowest BCUT2D eigenvalue weighted by molar-refractivity contribution is 0.482. The highest BCUT2D eigenvalue weighted by Gasteiger charge is 2.13. The minimum Gasteiger partial charge on any atom is -0.457 e. The third-order valence-electron chi connectivity index (χ3n) is 3.48. The Morgan fingerprint density at radius 3 is 1.90 bits per heavy atom. The molecule has 0 unspecified atom stereocenters. The number of rotatable bonds is 5. The molecule has 0 atom stereocenters. The summed E-state index contributed by atoms with van der Waals surface area (Å²) in [5.74, 6) is 1.72. The molecule has 0 radical (unpaired) electrons. The molecule has 0 amide bonds. The Bertz CT molecular complexity index is 541. The van der Waals surface area contributed by atoms with Gasteiger partial charge in [0.1, 0.15) is 11.5 Å². The first kappa shape index (κ1) is 14.4. The smallest absolute Gasteiger partial charge is 0.127 e. The maximum atomic E-state index is 5.82. The predicted molar refractivity (Wildman–Crippen MR) is 85.7 cm³/mol. The van der Waals surface area contributed by atoms with Crippen LogP contribution in [0.5, 0.6) is 11.5 Å². The molecular weight excluding hydrogens is 246 g/mol. The molecule has 106 valence electrons. The molecule has 0 aromatic heterocycles. The molecule has 2 rings (SSSR count). The van der Waals surface area contributed by atoms with E-state index in [0.717, 1.165) is 23.6 Å². The van der Waals surface area contributed by atoms with Gasteiger partial charge < -0.3 is 10.1 Å². The van der Waals surface area contributed by atoms with E-state index in [0.29, 0.717) is 0 Å². The normalized spacial score (nSPS) is 11.2. The Kier molecular flexibility index (Phi) is 4.33. The van der Waals surface area contributed by atoms with Crippen molar-refractivity contribution in [3.05, 3.63) is 54.1 Å². The second kappa shape index (κ2) is 6.00. The largest absolute Gasteiger partial charge is 0.457 e. The van der Waals surface area contributed by atoms with Gasteiger partial charge in [0.05, 0.1) is 0 Å². The minimum absolute atomic E-state index is 0.110. The van der Waals surface area contributed by atoms with Crippen LogP contribution in [0.25, 0.3) is 0 Å². The van der Waals surface area contributed by atoms with Crippen LogP contribution in [0.15, 0.2) is 48.5 Å². The fraction of sp³-hybridized carbons (Fsp3) is 0.333. The third-order valence-corrected chi connectivity index (χ3v) is 3.48. The summed E-state index contributed by atoms with van der Waals surface area (Å²) in [4.78, 5) is 0. The van der Waals surface area contributed by atoms with Gasteiger partial charge in [0.2, 0.25) is 0 Å². The van der Waals surface area contributed by atoms with Crippen molar-refractivity contribution in [3.8, 4) is 11.5 Å². The molecule has 0 bridgehead atoms. The zero-order valence-corrected chi connectivity index (χ0v) is 12.7. The van der Waals surface area contributed by atoms with Crippen molar-refractivity contribution in [2.45, 2.75) is 39.7 Å². The number of anilines is 1. The summed E-state index contributed by atoms with van der Waals surface area (Å²) < 4.78 is 5.82. The summed E-state index contributed by atoms with van der Waals surface area (Å²) in [5.41, 5.74) is 2.46. The van der Waals surface area contributed by atoms with E-state index in [9.17, 15) is 0 Å². The summed E-state index contributed by atoms with van der Waals surface area (Å²) >= 11 is 0. The minimum atomic E-state index is 0.110. The van der Waals surface area contributed by atoms with E-state index in [2.05, 4.69) is 57.3 Å². The summed E-state index contributed by atoms with van der Waals surface area (Å²) in [5, 5.41) is 3.51. The number of hydrogen-bond donors (Lipinski definition) is 1. The topological polar surface area (TPSA) is 21.3 Å². The Morgan fingerprint density at radius 1 is 0.900 bits per heavy atom. The van der Waals surface area contributed by atoms with Gasteiger partial charge in [-0.25, -0.2) is 0 Å². The maximum Gasteiger partial charge on any atom is 0.127 e. The summed E-state index contributed by atoms with van der Waals surface area (Å²) in [6.45, 7) is 8.65. The van der Waals surface area contributed by atoms with Gasteiger partial charge in [-0.15, -0.1) is 0 Å². The van der Waals surface area contributed by atoms with E-state index in [1.807, 2.05) is 24.3 Å². The highest BCUT2D eigenvalue weighted by molar-refractivity contribution is 5.48. The Labute approximate surface area is 121 Å². The average molecular weight is 269 g/mol. The third kappa shape index (κ3) is 4.02. The predicted octanol–water partition coefficient (Wildman–Crippen LogP) is 5.39. The van der Waals surface area contributed by atoms with Crippen molar-refractivity contribution in [1.29, 1.82) is 0 Å². The fourth-order valence-electron chi connectivity index (χ4n) is 1.83. The molecule has 2 aromatic carbocycles. The molecule has 0 aliphatic heterocycles. The van der Waals surface area contributed by atoms with Crippen LogP contribution in [-0.2, 0) is 0 Å². The molecule has 2 heteroatoms. The van der Waals surface area contributed by atoms with Gasteiger partial charge in [0, 0.05) is 11.2 Å². The Morgan fingerprint density at radius 2 is 1.40 bits per heavy atom. The number of nitrogens with one attached hydrogen (secondary N) is 1. The first-order valence-electron chi connectivity index (χ1n) is 7.11. The quantitative estimate of drug-likeness (QED) is 0.786. The van der Waals surface area contributed by atoms with Crippen molar-refractivity contribution in [2.75, 3.05) is 5.32 Å². The van der Waals surface area contributed by atoms with Gasteiger partial charge in [-0.1, -0.05) is 24.6 Å². The molecule has 1 N–H and O–H groups in total. The van der Waals surface area contributed by atoms with Crippen LogP contribution in [0.3, 0.4) is 0 Å². The molecule has 0 saturated carbocycles. The van der Waals surface area contributed by atoms with Gasteiger partial charge >= 0.3 is 0 Å². The van der Waals surface area contributed by atoms with Crippen LogP contribution < -0.4 is 10.1 Å². The lowest BCUT2D eigenvalue weighted by Crippen LogP contribution is -2.29. The van der Waals surface area contributed by atoms with Gasteiger partial charge in [-0.2, -0.15) is 0 Å². The number of benzene rings is 2. The van der Waals surface area contributed by atoms with Gasteiger partial charge in [-0.3, -0.25) is 0 Å². The van der Waals surface area contributed by atoms with E-state index >= 15 is 0 Å². The van der Waals surface area contributed by atoms with Crippen LogP contribution in [0, 0.1) is 6.92 Å². The molecular formula is C18H23NO. The second-order valence-electron chi connectivity index (χ2n) is 5.80. The van der Waals surface area contributed by atoms with Crippen LogP contribution in [0.4, 0.5) is 5.69 Å². The van der Waals surface area contributed by atoms with Gasteiger partial charge in [-0.05, 0) is 63.6 Å². The maximum absolute atomic E-state index is 5.82. The van der Waals surface area contributed by atoms with E-state index < -0.39 is 0 Å². The Hall–Kier alpha value is -1.96. The summed E-state index contributed by atoms with van der Waals surface area (Å²) in [7, 11) is 0. The highest BCUT2D eigenvalue weighted by atomic mass is 16.5. The van der Waals surface area contributed by atoms with Crippen molar-refractivity contribution in [1.82, 2.24) is 0 Å². The van der Waals surface area contributed by atoms with Crippen molar-refractivity contribution < 1.29 is 4.74 Å². The zero-order valence-electron chi connectivity index (χ0n) is 12.7. The molecule has 0 fully saturated rings. The standard InChI is InChI=1S/C18H23NO/c1-5-18(3,4)19-15-8-12-17(13-9-15)20-16-10-6-14(2)7-11-16/h6-13,19H,5H2,1-4H3. The van der Waals surface area contributed by atoms with Crippen LogP contribution in [-0.4, -0.2) is 5.54 Å². The van der Waals surface area contributed by atoms with Crippen LogP contribution in [0.1, 0.15) is 32.8 Å². The molecule has 0 spiro atoms. The first-order valence-corrected chi connectivity index (χ1v) is 7.11. The van der Waals surface area contributed by atoms with E-state index in [-0.39, 0.29) is 5.54 Å². The molecule has 0 aliphatic carbocycles. The summed E-state index contributed by atoms with van der Waals surface area (Å²) in [6, 6.07) is 16.2. The lowest BCUT2D eigenvalue weighted by Gasteiger charge is -2.26. The fourth-order valence-corrected chi connectivity index (χ4v) is 1.83. The molecule has 2 aromatic rings. The Balaban J connectivity index is 2.03. The van der Waals surface area contributed by atoms with E-state index in [4.69, 9.17) is 4.74 Å². The second-order valence-corrected chi connectivity index (χ2v) is 5.80. The number of ether oxygens (including phenoxy) is 1. The lowest BCUT2D eigenvalue weighted by atomic mass is 10.0. The molecule has 0 aliphatic rings. The number of hydrogen-bond acceptors (Lipinski definition) is 2. The van der Waals surface area contributed by atoms with Crippen molar-refractivity contribution >= 4 is 5.69 Å².